The molecule has 0 atom stereocenters. The van der Waals surface area contributed by atoms with Gasteiger partial charge in [0, 0.05) is 12.4 Å². The normalized spacial score (nSPS) is 12.2. The van der Waals surface area contributed by atoms with Crippen LogP contribution in [0.4, 0.5) is 32.0 Å². The molecule has 1 heterocycles. The van der Waals surface area contributed by atoms with Crippen molar-refractivity contribution in [3.63, 3.8) is 0 Å². The molecule has 2 aromatic rings. The van der Waals surface area contributed by atoms with Crippen LogP contribution in [0.5, 0.6) is 0 Å². The van der Waals surface area contributed by atoms with Gasteiger partial charge in [-0.3, -0.25) is 0 Å². The Hall–Kier alpha value is -3.33. The Morgan fingerprint density at radius 2 is 1.91 bits per heavy atom. The maximum atomic E-state index is 13.2. The largest absolute Gasteiger partial charge is 0.473 e. The average molecular weight is 478 g/mol. The molecular weight excluding hydrogens is 464 g/mol. The van der Waals surface area contributed by atoms with Crippen LogP contribution in [-0.2, 0) is 10.9 Å². The molecule has 0 N–H and O–H groups in total. The summed E-state index contributed by atoms with van der Waals surface area (Å²) < 4.78 is 84.2. The van der Waals surface area contributed by atoms with Crippen LogP contribution in [0.3, 0.4) is 0 Å². The number of nitriles is 1. The van der Waals surface area contributed by atoms with E-state index in [1.807, 2.05) is 0 Å². The van der Waals surface area contributed by atoms with Crippen LogP contribution in [-0.4, -0.2) is 43.5 Å². The molecule has 1 aromatic heterocycles. The highest BCUT2D eigenvalue weighted by atomic mass is 35.5. The molecule has 13 heteroatoms. The van der Waals surface area contributed by atoms with E-state index in [9.17, 15) is 26.3 Å². The molecule has 0 saturated heterocycles. The predicted octanol–water partition coefficient (Wildman–Crippen LogP) is 5.07. The molecule has 0 spiro atoms. The lowest BCUT2D eigenvalue weighted by atomic mass is 10.1. The maximum Gasteiger partial charge on any atom is 0.417 e. The van der Waals surface area contributed by atoms with Crippen molar-refractivity contribution in [3.05, 3.63) is 58.4 Å². The molecule has 0 unspecified atom stereocenters. The third-order valence-electron chi connectivity index (χ3n) is 3.86. The number of benzene rings is 1. The van der Waals surface area contributed by atoms with Crippen molar-refractivity contribution in [2.45, 2.75) is 12.4 Å². The molecule has 0 aliphatic rings. The molecular formula is C19H14ClF6N5O. The molecule has 2 rings (SSSR count). The first kappa shape index (κ1) is 24.9. The Labute approximate surface area is 183 Å². The first-order valence-electron chi connectivity index (χ1n) is 8.67. The lowest BCUT2D eigenvalue weighted by Gasteiger charge is -2.27. The van der Waals surface area contributed by atoms with Crippen molar-refractivity contribution in [3.8, 4) is 6.07 Å². The van der Waals surface area contributed by atoms with Gasteiger partial charge in [0.25, 0.3) is 5.90 Å². The van der Waals surface area contributed by atoms with Gasteiger partial charge in [-0.15, -0.1) is 5.10 Å². The van der Waals surface area contributed by atoms with Crippen LogP contribution in [0.1, 0.15) is 16.8 Å². The van der Waals surface area contributed by atoms with Crippen molar-refractivity contribution in [2.24, 2.45) is 10.2 Å². The predicted molar refractivity (Wildman–Crippen MR) is 106 cm³/mol. The number of pyridine rings is 1. The van der Waals surface area contributed by atoms with Crippen molar-refractivity contribution < 1.29 is 31.1 Å². The van der Waals surface area contributed by atoms with Gasteiger partial charge in [0.1, 0.15) is 24.0 Å². The van der Waals surface area contributed by atoms with Crippen molar-refractivity contribution >= 4 is 29.9 Å². The fourth-order valence-electron chi connectivity index (χ4n) is 2.57. The minimum absolute atomic E-state index is 0.0961. The van der Waals surface area contributed by atoms with Gasteiger partial charge in [0.2, 0.25) is 0 Å². The topological polar surface area (TPSA) is 73.9 Å². The van der Waals surface area contributed by atoms with Crippen LogP contribution in [0, 0.1) is 11.3 Å². The first-order valence-corrected chi connectivity index (χ1v) is 9.05. The fourth-order valence-corrected chi connectivity index (χ4v) is 2.74. The SMILES string of the molecule is C=N/N=C(\OCCN(CC(F)(F)F)c1ccc(C#N)c(C(F)(F)F)c1)c1cccc(Cl)n1. The molecule has 0 saturated carbocycles. The second-order valence-electron chi connectivity index (χ2n) is 6.12. The highest BCUT2D eigenvalue weighted by molar-refractivity contribution is 6.29. The second-order valence-corrected chi connectivity index (χ2v) is 6.50. The zero-order valence-corrected chi connectivity index (χ0v) is 16.8. The van der Waals surface area contributed by atoms with E-state index in [1.54, 1.807) is 0 Å². The highest BCUT2D eigenvalue weighted by Gasteiger charge is 2.36. The number of ether oxygens (including phenoxy) is 1. The van der Waals surface area contributed by atoms with Crippen LogP contribution >= 0.6 is 11.6 Å². The lowest BCUT2D eigenvalue weighted by Crippen LogP contribution is -2.37. The molecule has 0 radical (unpaired) electrons. The number of alkyl halides is 6. The summed E-state index contributed by atoms with van der Waals surface area (Å²) in [5.74, 6) is -0.190. The number of rotatable bonds is 7. The first-order chi connectivity index (χ1) is 14.9. The summed E-state index contributed by atoms with van der Waals surface area (Å²) in [6, 6.07) is 8.13. The second kappa shape index (κ2) is 10.3. The van der Waals surface area contributed by atoms with Crippen LogP contribution in [0.15, 0.2) is 46.6 Å². The van der Waals surface area contributed by atoms with Gasteiger partial charge in [-0.05, 0) is 30.3 Å². The Morgan fingerprint density at radius 3 is 2.47 bits per heavy atom. The molecule has 0 bridgehead atoms. The van der Waals surface area contributed by atoms with Gasteiger partial charge in [0.05, 0.1) is 23.7 Å². The number of hydrogen-bond donors (Lipinski definition) is 0. The minimum atomic E-state index is -4.92. The van der Waals surface area contributed by atoms with Crippen LogP contribution in [0.2, 0.25) is 5.15 Å². The zero-order valence-electron chi connectivity index (χ0n) is 16.1. The number of halogens is 7. The van der Waals surface area contributed by atoms with Crippen molar-refractivity contribution in [2.75, 3.05) is 24.6 Å². The van der Waals surface area contributed by atoms with E-state index in [4.69, 9.17) is 21.6 Å². The summed E-state index contributed by atoms with van der Waals surface area (Å²) in [4.78, 5) is 4.58. The highest BCUT2D eigenvalue weighted by Crippen LogP contribution is 2.35. The molecule has 0 amide bonds. The molecule has 0 aliphatic carbocycles. The number of hydrogen-bond acceptors (Lipinski definition) is 6. The van der Waals surface area contributed by atoms with E-state index in [-0.39, 0.29) is 16.7 Å². The van der Waals surface area contributed by atoms with E-state index < -0.39 is 48.9 Å². The molecule has 170 valence electrons. The van der Waals surface area contributed by atoms with Crippen molar-refractivity contribution in [1.82, 2.24) is 4.98 Å². The summed E-state index contributed by atoms with van der Waals surface area (Å²) in [6.45, 7) is 0.722. The van der Waals surface area contributed by atoms with Gasteiger partial charge in [-0.1, -0.05) is 17.7 Å². The van der Waals surface area contributed by atoms with Gasteiger partial charge in [-0.2, -0.15) is 36.7 Å². The molecule has 1 aromatic carbocycles. The van der Waals surface area contributed by atoms with Gasteiger partial charge >= 0.3 is 12.4 Å². The van der Waals surface area contributed by atoms with E-state index in [2.05, 4.69) is 21.9 Å². The monoisotopic (exact) mass is 477 g/mol. The minimum Gasteiger partial charge on any atom is -0.473 e. The summed E-state index contributed by atoms with van der Waals surface area (Å²) >= 11 is 5.79. The molecule has 6 nitrogen and oxygen atoms in total. The van der Waals surface area contributed by atoms with E-state index in [0.29, 0.717) is 11.0 Å². The fraction of sp³-hybridized carbons (Fsp3) is 0.263. The molecule has 32 heavy (non-hydrogen) atoms. The summed E-state index contributed by atoms with van der Waals surface area (Å²) in [6.07, 6.45) is -9.64. The summed E-state index contributed by atoms with van der Waals surface area (Å²) in [5, 5.41) is 15.9. The third-order valence-corrected chi connectivity index (χ3v) is 4.07. The van der Waals surface area contributed by atoms with E-state index >= 15 is 0 Å². The van der Waals surface area contributed by atoms with E-state index in [0.717, 1.165) is 12.1 Å². The lowest BCUT2D eigenvalue weighted by molar-refractivity contribution is -0.137. The average Bonchev–Trinajstić information content (AvgIpc) is 2.70. The zero-order chi connectivity index (χ0) is 23.9. The number of anilines is 1. The Bertz CT molecular complexity index is 1030. The summed E-state index contributed by atoms with van der Waals surface area (Å²) in [5.41, 5.74) is -2.31. The Balaban J connectivity index is 2.28. The van der Waals surface area contributed by atoms with Crippen molar-refractivity contribution in [1.29, 1.82) is 5.26 Å². The standard InChI is InChI=1S/C19H14ClF6N5O/c1-28-30-17(15-3-2-4-16(20)29-15)32-8-7-31(11-18(21,22)23)13-6-5-12(10-27)14(9-13)19(24,25)26/h2-6,9H,1,7-8,11H2/b30-17-. The smallest absolute Gasteiger partial charge is 0.417 e. The van der Waals surface area contributed by atoms with Crippen LogP contribution < -0.4 is 4.90 Å². The number of nitrogens with zero attached hydrogens (tertiary/aromatic N) is 5. The Morgan fingerprint density at radius 1 is 1.19 bits per heavy atom. The Kier molecular flexibility index (Phi) is 8.04. The summed E-state index contributed by atoms with van der Waals surface area (Å²) in [7, 11) is 0. The number of aromatic nitrogens is 1. The quantitative estimate of drug-likeness (QED) is 0.183. The van der Waals surface area contributed by atoms with Gasteiger partial charge in [-0.25, -0.2) is 4.98 Å². The van der Waals surface area contributed by atoms with Gasteiger partial charge < -0.3 is 9.64 Å². The maximum absolute atomic E-state index is 13.2. The van der Waals surface area contributed by atoms with Crippen LogP contribution in [0.25, 0.3) is 0 Å². The van der Waals surface area contributed by atoms with E-state index in [1.165, 1.54) is 24.3 Å². The van der Waals surface area contributed by atoms with Gasteiger partial charge in [0.15, 0.2) is 0 Å². The molecule has 0 aliphatic heterocycles. The third kappa shape index (κ3) is 7.12. The molecule has 0 fully saturated rings.